The van der Waals surface area contributed by atoms with Crippen LogP contribution in [0, 0.1) is 5.92 Å². The number of piperidine rings is 1. The number of nitrogens with zero attached hydrogens (tertiary/aromatic N) is 4. The van der Waals surface area contributed by atoms with Gasteiger partial charge in [0.15, 0.2) is 0 Å². The Morgan fingerprint density at radius 3 is 3.10 bits per heavy atom. The van der Waals surface area contributed by atoms with Crippen LogP contribution in [0.4, 0.5) is 0 Å². The Kier molecular flexibility index (Phi) is 3.88. The maximum absolute atomic E-state index is 12.7. The van der Waals surface area contributed by atoms with Gasteiger partial charge in [-0.25, -0.2) is 4.52 Å². The predicted molar refractivity (Wildman–Crippen MR) is 80.1 cm³/mol. The topological polar surface area (TPSA) is 62.5 Å². The molecule has 0 spiro atoms. The van der Waals surface area contributed by atoms with Crippen molar-refractivity contribution >= 4 is 11.4 Å². The average Bonchev–Trinajstić information content (AvgIpc) is 2.93. The standard InChI is InChI=1S/C15H21N5O/c1-3-17-13-4-6-19(10-11(13)2)15(21)12-8-18-20-7-5-16-9-14(12)20/h5,7-9,11,13,17H,3-4,6,10H2,1-2H3. The highest BCUT2D eigenvalue weighted by molar-refractivity contribution is 6.00. The van der Waals surface area contributed by atoms with E-state index in [1.165, 1.54) is 0 Å². The van der Waals surface area contributed by atoms with Crippen molar-refractivity contribution in [3.05, 3.63) is 30.4 Å². The summed E-state index contributed by atoms with van der Waals surface area (Å²) in [6.45, 7) is 6.87. The third kappa shape index (κ3) is 2.63. The van der Waals surface area contributed by atoms with Crippen molar-refractivity contribution in [1.29, 1.82) is 0 Å². The number of nitrogens with one attached hydrogen (secondary N) is 1. The molecule has 1 N–H and O–H groups in total. The van der Waals surface area contributed by atoms with Crippen molar-refractivity contribution < 1.29 is 4.79 Å². The van der Waals surface area contributed by atoms with Crippen LogP contribution in [0.15, 0.2) is 24.8 Å². The fourth-order valence-corrected chi connectivity index (χ4v) is 3.07. The maximum Gasteiger partial charge on any atom is 0.257 e. The number of hydrogen-bond acceptors (Lipinski definition) is 4. The van der Waals surface area contributed by atoms with E-state index in [-0.39, 0.29) is 5.91 Å². The minimum Gasteiger partial charge on any atom is -0.338 e. The summed E-state index contributed by atoms with van der Waals surface area (Å²) in [4.78, 5) is 18.7. The van der Waals surface area contributed by atoms with Crippen LogP contribution in [-0.2, 0) is 0 Å². The highest BCUT2D eigenvalue weighted by atomic mass is 16.2. The van der Waals surface area contributed by atoms with Crippen molar-refractivity contribution in [2.45, 2.75) is 26.3 Å². The molecule has 2 atom stereocenters. The van der Waals surface area contributed by atoms with Crippen LogP contribution >= 0.6 is 0 Å². The van der Waals surface area contributed by atoms with E-state index >= 15 is 0 Å². The quantitative estimate of drug-likeness (QED) is 0.921. The molecular formula is C15H21N5O. The van der Waals surface area contributed by atoms with E-state index < -0.39 is 0 Å². The number of hydrogen-bond donors (Lipinski definition) is 1. The van der Waals surface area contributed by atoms with Gasteiger partial charge in [-0.3, -0.25) is 9.78 Å². The minimum absolute atomic E-state index is 0.0554. The number of fused-ring (bicyclic) bond motifs is 1. The lowest BCUT2D eigenvalue weighted by atomic mass is 9.93. The van der Waals surface area contributed by atoms with Gasteiger partial charge in [0.2, 0.25) is 0 Å². The molecule has 0 radical (unpaired) electrons. The van der Waals surface area contributed by atoms with Gasteiger partial charge >= 0.3 is 0 Å². The van der Waals surface area contributed by atoms with E-state index in [1.54, 1.807) is 29.3 Å². The summed E-state index contributed by atoms with van der Waals surface area (Å²) in [5.74, 6) is 0.516. The maximum atomic E-state index is 12.7. The number of rotatable bonds is 3. The zero-order valence-corrected chi connectivity index (χ0v) is 12.5. The van der Waals surface area contributed by atoms with Crippen LogP contribution in [-0.4, -0.2) is 51.1 Å². The molecule has 1 amide bonds. The summed E-state index contributed by atoms with van der Waals surface area (Å²) >= 11 is 0. The summed E-state index contributed by atoms with van der Waals surface area (Å²) in [6, 6.07) is 0.504. The lowest BCUT2D eigenvalue weighted by Gasteiger charge is -2.37. The molecule has 0 aliphatic carbocycles. The second-order valence-corrected chi connectivity index (χ2v) is 5.65. The lowest BCUT2D eigenvalue weighted by molar-refractivity contribution is 0.0648. The molecular weight excluding hydrogens is 266 g/mol. The van der Waals surface area contributed by atoms with Gasteiger partial charge in [0.1, 0.15) is 0 Å². The van der Waals surface area contributed by atoms with Crippen LogP contribution in [0.5, 0.6) is 0 Å². The first kappa shape index (κ1) is 14.0. The molecule has 6 nitrogen and oxygen atoms in total. The van der Waals surface area contributed by atoms with Gasteiger partial charge in [-0.1, -0.05) is 13.8 Å². The summed E-state index contributed by atoms with van der Waals surface area (Å²) < 4.78 is 1.69. The van der Waals surface area contributed by atoms with E-state index in [2.05, 4.69) is 29.2 Å². The summed E-state index contributed by atoms with van der Waals surface area (Å²) in [5.41, 5.74) is 1.40. The Morgan fingerprint density at radius 1 is 1.48 bits per heavy atom. The first-order valence-electron chi connectivity index (χ1n) is 7.50. The Bertz CT molecular complexity index is 638. The van der Waals surface area contributed by atoms with E-state index in [1.807, 2.05) is 4.90 Å². The number of amides is 1. The zero-order valence-electron chi connectivity index (χ0n) is 12.5. The van der Waals surface area contributed by atoms with Gasteiger partial charge < -0.3 is 10.2 Å². The molecule has 0 bridgehead atoms. The number of carbonyl (C=O) groups is 1. The molecule has 1 fully saturated rings. The van der Waals surface area contributed by atoms with E-state index in [4.69, 9.17) is 0 Å². The summed E-state index contributed by atoms with van der Waals surface area (Å²) in [7, 11) is 0. The van der Waals surface area contributed by atoms with E-state index in [0.29, 0.717) is 17.5 Å². The fraction of sp³-hybridized carbons (Fsp3) is 0.533. The minimum atomic E-state index is 0.0554. The first-order chi connectivity index (χ1) is 10.2. The van der Waals surface area contributed by atoms with E-state index in [0.717, 1.165) is 31.6 Å². The van der Waals surface area contributed by atoms with Crippen LogP contribution in [0.3, 0.4) is 0 Å². The Morgan fingerprint density at radius 2 is 2.33 bits per heavy atom. The van der Waals surface area contributed by atoms with Crippen LogP contribution in [0.25, 0.3) is 5.52 Å². The summed E-state index contributed by atoms with van der Waals surface area (Å²) in [5, 5.41) is 7.71. The highest BCUT2D eigenvalue weighted by Crippen LogP contribution is 2.20. The highest BCUT2D eigenvalue weighted by Gasteiger charge is 2.29. The molecule has 1 aliphatic rings. The molecule has 3 heterocycles. The smallest absolute Gasteiger partial charge is 0.257 e. The molecule has 0 aromatic carbocycles. The molecule has 2 aromatic rings. The SMILES string of the molecule is CCNC1CCN(C(=O)c2cnn3ccncc23)CC1C. The molecule has 21 heavy (non-hydrogen) atoms. The normalized spacial score (nSPS) is 22.7. The van der Waals surface area contributed by atoms with Gasteiger partial charge in [0.05, 0.1) is 23.5 Å². The third-order valence-corrected chi connectivity index (χ3v) is 4.21. The molecule has 1 aliphatic heterocycles. The molecule has 0 saturated carbocycles. The van der Waals surface area contributed by atoms with Crippen molar-refractivity contribution in [2.24, 2.45) is 5.92 Å². The Balaban J connectivity index is 1.77. The molecule has 6 heteroatoms. The second kappa shape index (κ2) is 5.81. The van der Waals surface area contributed by atoms with Crippen molar-refractivity contribution in [2.75, 3.05) is 19.6 Å². The van der Waals surface area contributed by atoms with Gasteiger partial charge in [0.25, 0.3) is 5.91 Å². The third-order valence-electron chi connectivity index (χ3n) is 4.21. The van der Waals surface area contributed by atoms with Gasteiger partial charge in [-0.2, -0.15) is 5.10 Å². The van der Waals surface area contributed by atoms with E-state index in [9.17, 15) is 4.79 Å². The number of aromatic nitrogens is 3. The van der Waals surface area contributed by atoms with Crippen LogP contribution < -0.4 is 5.32 Å². The largest absolute Gasteiger partial charge is 0.338 e. The van der Waals surface area contributed by atoms with Crippen molar-refractivity contribution in [3.8, 4) is 0 Å². The molecule has 3 rings (SSSR count). The van der Waals surface area contributed by atoms with Gasteiger partial charge in [-0.15, -0.1) is 0 Å². The van der Waals surface area contributed by atoms with Crippen LogP contribution in [0.1, 0.15) is 30.6 Å². The Labute approximate surface area is 124 Å². The lowest BCUT2D eigenvalue weighted by Crippen LogP contribution is -2.50. The number of likely N-dealkylation sites (tertiary alicyclic amines) is 1. The average molecular weight is 287 g/mol. The monoisotopic (exact) mass is 287 g/mol. The molecule has 1 saturated heterocycles. The Hall–Kier alpha value is -1.95. The van der Waals surface area contributed by atoms with Gasteiger partial charge in [-0.05, 0) is 18.9 Å². The fourth-order valence-electron chi connectivity index (χ4n) is 3.07. The number of carbonyl (C=O) groups excluding carboxylic acids is 1. The second-order valence-electron chi connectivity index (χ2n) is 5.65. The van der Waals surface area contributed by atoms with Crippen LogP contribution in [0.2, 0.25) is 0 Å². The first-order valence-corrected chi connectivity index (χ1v) is 7.50. The predicted octanol–water partition coefficient (Wildman–Crippen LogP) is 1.19. The molecule has 112 valence electrons. The van der Waals surface area contributed by atoms with Crippen molar-refractivity contribution in [1.82, 2.24) is 24.8 Å². The van der Waals surface area contributed by atoms with Gasteiger partial charge in [0, 0.05) is 31.5 Å². The molecule has 2 unspecified atom stereocenters. The van der Waals surface area contributed by atoms with Crippen molar-refractivity contribution in [3.63, 3.8) is 0 Å². The summed E-state index contributed by atoms with van der Waals surface area (Å²) in [6.07, 6.45) is 7.75. The zero-order chi connectivity index (χ0) is 14.8. The molecule has 2 aromatic heterocycles.